The zero-order valence-electron chi connectivity index (χ0n) is 23.0. The second kappa shape index (κ2) is 16.4. The van der Waals surface area contributed by atoms with Crippen LogP contribution < -0.4 is 10.1 Å². The molecule has 0 spiro atoms. The molecule has 0 aromatic carbocycles. The van der Waals surface area contributed by atoms with Gasteiger partial charge in [0.2, 0.25) is 11.8 Å². The Balaban J connectivity index is 2.25. The highest BCUT2D eigenvalue weighted by molar-refractivity contribution is 5.78. The predicted octanol–water partition coefficient (Wildman–Crippen LogP) is 6.21. The Bertz CT molecular complexity index is 1200. The molecule has 2 aromatic rings. The summed E-state index contributed by atoms with van der Waals surface area (Å²) < 4.78 is 60.8. The number of pyridine rings is 2. The lowest BCUT2D eigenvalue weighted by Gasteiger charge is -2.13. The Labute approximate surface area is 231 Å². The number of ether oxygens (including phenoxy) is 2. The van der Waals surface area contributed by atoms with Crippen LogP contribution in [0.5, 0.6) is 5.88 Å². The van der Waals surface area contributed by atoms with Crippen LogP contribution in [0.4, 0.5) is 17.6 Å². The molecule has 0 saturated heterocycles. The summed E-state index contributed by atoms with van der Waals surface area (Å²) in [5.41, 5.74) is 4.05. The maximum Gasteiger partial charge on any atom is 0.388 e. The molecule has 0 aliphatic heterocycles. The monoisotopic (exact) mass is 565 g/mol. The number of aliphatic hydroxyl groups excluding tert-OH is 1. The van der Waals surface area contributed by atoms with Crippen molar-refractivity contribution in [2.24, 2.45) is 5.92 Å². The van der Waals surface area contributed by atoms with Crippen molar-refractivity contribution in [3.63, 3.8) is 0 Å². The molecule has 0 bridgehead atoms. The Morgan fingerprint density at radius 1 is 1.10 bits per heavy atom. The van der Waals surface area contributed by atoms with E-state index in [-0.39, 0.29) is 42.2 Å². The zero-order chi connectivity index (χ0) is 29.7. The largest absolute Gasteiger partial charge is 0.435 e. The van der Waals surface area contributed by atoms with E-state index >= 15 is 0 Å². The highest BCUT2D eigenvalue weighted by Crippen LogP contribution is 2.26. The first-order valence-corrected chi connectivity index (χ1v) is 12.8. The second-order valence-electron chi connectivity index (χ2n) is 9.09. The molecule has 0 aliphatic carbocycles. The molecule has 0 radical (unpaired) electrons. The zero-order valence-corrected chi connectivity index (χ0v) is 23.0. The van der Waals surface area contributed by atoms with E-state index in [1.54, 1.807) is 25.3 Å². The molecule has 40 heavy (non-hydrogen) atoms. The van der Waals surface area contributed by atoms with Gasteiger partial charge < -0.3 is 19.9 Å². The van der Waals surface area contributed by atoms with Crippen LogP contribution in [0.15, 0.2) is 65.7 Å². The van der Waals surface area contributed by atoms with Crippen LogP contribution in [0.2, 0.25) is 0 Å². The lowest BCUT2D eigenvalue weighted by atomic mass is 9.99. The molecule has 2 heterocycles. The van der Waals surface area contributed by atoms with Gasteiger partial charge in [-0.15, -0.1) is 0 Å². The molecule has 218 valence electrons. The number of aliphatic hydroxyl groups is 1. The smallest absolute Gasteiger partial charge is 0.388 e. The van der Waals surface area contributed by atoms with Crippen LogP contribution in [0.1, 0.15) is 57.4 Å². The molecule has 11 heteroatoms. The van der Waals surface area contributed by atoms with Gasteiger partial charge in [0.1, 0.15) is 5.76 Å². The van der Waals surface area contributed by atoms with Crippen LogP contribution in [0.3, 0.4) is 0 Å². The van der Waals surface area contributed by atoms with Crippen molar-refractivity contribution >= 4 is 11.5 Å². The number of allylic oxidation sites excluding steroid dienone is 5. The van der Waals surface area contributed by atoms with Gasteiger partial charge >= 0.3 is 13.2 Å². The number of halogens is 4. The van der Waals surface area contributed by atoms with Gasteiger partial charge in [0, 0.05) is 31.0 Å². The Hall–Kier alpha value is -3.73. The summed E-state index contributed by atoms with van der Waals surface area (Å²) >= 11 is 0. The minimum absolute atomic E-state index is 0.0605. The number of nitrogens with one attached hydrogen (secondary N) is 1. The van der Waals surface area contributed by atoms with E-state index in [2.05, 4.69) is 20.0 Å². The van der Waals surface area contributed by atoms with Gasteiger partial charge in [-0.05, 0) is 73.6 Å². The average Bonchev–Trinajstić information content (AvgIpc) is 2.92. The maximum atomic E-state index is 13.3. The lowest BCUT2D eigenvalue weighted by Crippen LogP contribution is -2.29. The van der Waals surface area contributed by atoms with Crippen molar-refractivity contribution in [3.8, 4) is 5.88 Å². The van der Waals surface area contributed by atoms with Crippen molar-refractivity contribution in [2.75, 3.05) is 6.61 Å². The molecule has 0 aliphatic rings. The molecule has 0 unspecified atom stereocenters. The summed E-state index contributed by atoms with van der Waals surface area (Å²) in [6, 6.07) is 6.38. The molecular formula is C29H35F4N3O4. The molecule has 0 fully saturated rings. The van der Waals surface area contributed by atoms with E-state index in [1.807, 2.05) is 19.9 Å². The van der Waals surface area contributed by atoms with Crippen molar-refractivity contribution in [1.82, 2.24) is 15.3 Å². The fourth-order valence-electron chi connectivity index (χ4n) is 3.61. The van der Waals surface area contributed by atoms with E-state index in [1.165, 1.54) is 31.3 Å². The van der Waals surface area contributed by atoms with Gasteiger partial charge in [0.05, 0.1) is 12.2 Å². The summed E-state index contributed by atoms with van der Waals surface area (Å²) in [5, 5.41) is 11.8. The van der Waals surface area contributed by atoms with Gasteiger partial charge in [-0.2, -0.15) is 17.6 Å². The SMILES string of the molecule is CC/C(C)=C(/C=C\C(OC(F)F)=C(/C)c1ccnc(OC(F)F)c1)Cc1ccc(CNC(=O)[C@@H](C)CCO)nc1. The van der Waals surface area contributed by atoms with Gasteiger partial charge in [-0.3, -0.25) is 9.78 Å². The third-order valence-corrected chi connectivity index (χ3v) is 6.21. The summed E-state index contributed by atoms with van der Waals surface area (Å²) in [5.74, 6) is -0.942. The lowest BCUT2D eigenvalue weighted by molar-refractivity contribution is -0.125. The first-order valence-electron chi connectivity index (χ1n) is 12.8. The van der Waals surface area contributed by atoms with Gasteiger partial charge in [0.25, 0.3) is 0 Å². The predicted molar refractivity (Wildman–Crippen MR) is 143 cm³/mol. The van der Waals surface area contributed by atoms with Crippen LogP contribution in [0.25, 0.3) is 5.57 Å². The number of hydrogen-bond acceptors (Lipinski definition) is 6. The molecule has 1 amide bonds. The van der Waals surface area contributed by atoms with Gasteiger partial charge in [-0.25, -0.2) is 4.98 Å². The van der Waals surface area contributed by atoms with Gasteiger partial charge in [0.15, 0.2) is 0 Å². The molecular weight excluding hydrogens is 530 g/mol. The van der Waals surface area contributed by atoms with E-state index in [4.69, 9.17) is 9.84 Å². The fourth-order valence-corrected chi connectivity index (χ4v) is 3.61. The van der Waals surface area contributed by atoms with Crippen molar-refractivity contribution in [1.29, 1.82) is 0 Å². The molecule has 1 atom stereocenters. The third kappa shape index (κ3) is 10.8. The fraction of sp³-hybridized carbons (Fsp3) is 0.414. The van der Waals surface area contributed by atoms with Crippen molar-refractivity contribution < 1.29 is 36.9 Å². The summed E-state index contributed by atoms with van der Waals surface area (Å²) in [7, 11) is 0. The first-order chi connectivity index (χ1) is 19.0. The van der Waals surface area contributed by atoms with Crippen LogP contribution >= 0.6 is 0 Å². The molecule has 2 N–H and O–H groups in total. The second-order valence-corrected chi connectivity index (χ2v) is 9.09. The minimum Gasteiger partial charge on any atom is -0.435 e. The van der Waals surface area contributed by atoms with Crippen LogP contribution in [0, 0.1) is 5.92 Å². The number of amides is 1. The normalized spacial score (nSPS) is 13.8. The van der Waals surface area contributed by atoms with Crippen molar-refractivity contribution in [3.05, 3.63) is 82.5 Å². The summed E-state index contributed by atoms with van der Waals surface area (Å²) in [6.45, 7) is 1.21. The number of alkyl halides is 4. The van der Waals surface area contributed by atoms with Crippen LogP contribution in [-0.2, 0) is 22.5 Å². The summed E-state index contributed by atoms with van der Waals surface area (Å²) in [4.78, 5) is 20.2. The van der Waals surface area contributed by atoms with E-state index in [0.717, 1.165) is 23.1 Å². The summed E-state index contributed by atoms with van der Waals surface area (Å²) in [6.07, 6.45) is 7.61. The van der Waals surface area contributed by atoms with Crippen LogP contribution in [-0.4, -0.2) is 40.8 Å². The number of hydrogen-bond donors (Lipinski definition) is 2. The van der Waals surface area contributed by atoms with Crippen molar-refractivity contribution in [2.45, 2.75) is 66.7 Å². The van der Waals surface area contributed by atoms with Gasteiger partial charge in [-0.1, -0.05) is 31.6 Å². The molecule has 2 aromatic heterocycles. The Kier molecular flexibility index (Phi) is 13.3. The first kappa shape index (κ1) is 32.5. The highest BCUT2D eigenvalue weighted by Gasteiger charge is 2.14. The van der Waals surface area contributed by atoms with E-state index < -0.39 is 13.2 Å². The molecule has 2 rings (SSSR count). The van der Waals surface area contributed by atoms with E-state index in [0.29, 0.717) is 24.1 Å². The van der Waals surface area contributed by atoms with E-state index in [9.17, 15) is 22.4 Å². The molecule has 0 saturated carbocycles. The topological polar surface area (TPSA) is 93.6 Å². The standard InChI is InChI=1S/C29H35F4N3O4/c1-5-18(2)22(14-21-6-8-24(35-16-21)17-36-27(38)19(3)11-13-37)7-9-25(39-28(30)31)20(4)23-10-12-34-26(15-23)40-29(32)33/h6-10,12,15-16,19,28-29,37H,5,11,13-14,17H2,1-4H3,(H,36,38)/b9-7-,22-18-,25-20-/t19-/m0/s1. The Morgan fingerprint density at radius 2 is 1.85 bits per heavy atom. The Morgan fingerprint density at radius 3 is 2.45 bits per heavy atom. The third-order valence-electron chi connectivity index (χ3n) is 6.21. The maximum absolute atomic E-state index is 13.3. The number of nitrogens with zero attached hydrogens (tertiary/aromatic N) is 2. The highest BCUT2D eigenvalue weighted by atomic mass is 19.3. The molecule has 7 nitrogen and oxygen atoms in total. The number of aromatic nitrogens is 2. The average molecular weight is 566 g/mol. The number of carbonyl (C=O) groups excluding carboxylic acids is 1. The quantitative estimate of drug-likeness (QED) is 0.152. The number of carbonyl (C=O) groups is 1. The number of rotatable bonds is 15. The minimum atomic E-state index is -3.10.